The van der Waals surface area contributed by atoms with Crippen molar-refractivity contribution in [2.45, 2.75) is 39.2 Å². The molecule has 6 bridgehead atoms. The molecule has 1 atom stereocenters. The molecule has 0 saturated carbocycles. The van der Waals surface area contributed by atoms with E-state index < -0.39 is 0 Å². The molecule has 1 unspecified atom stereocenters. The molecule has 1 N–H and O–H groups in total. The molecular formula is C26H32N2O5. The molecule has 0 spiro atoms. The molecule has 2 amide bonds. The van der Waals surface area contributed by atoms with Crippen LogP contribution < -0.4 is 19.5 Å². The lowest BCUT2D eigenvalue weighted by Gasteiger charge is -2.38. The van der Waals surface area contributed by atoms with Gasteiger partial charge < -0.3 is 24.4 Å². The van der Waals surface area contributed by atoms with Gasteiger partial charge in [0.05, 0.1) is 19.8 Å². The summed E-state index contributed by atoms with van der Waals surface area (Å²) in [4.78, 5) is 27.4. The van der Waals surface area contributed by atoms with Crippen molar-refractivity contribution in [2.24, 2.45) is 5.92 Å². The SMILES string of the molecule is COc1cc2c3cc1OCC(=O)NCCCOc1cccc(c1)C2N(C(=O)CC(C)C)CC3. The third-order valence-corrected chi connectivity index (χ3v) is 6.00. The summed E-state index contributed by atoms with van der Waals surface area (Å²) in [6, 6.07) is 11.6. The second kappa shape index (κ2) is 10.1. The van der Waals surface area contributed by atoms with E-state index in [0.29, 0.717) is 50.5 Å². The number of nitrogens with one attached hydrogen (secondary N) is 1. The Morgan fingerprint density at radius 1 is 1.24 bits per heavy atom. The van der Waals surface area contributed by atoms with Crippen molar-refractivity contribution in [2.75, 3.05) is 33.4 Å². The number of rotatable bonds is 3. The topological polar surface area (TPSA) is 77.1 Å². The highest BCUT2D eigenvalue weighted by molar-refractivity contribution is 5.79. The molecule has 7 nitrogen and oxygen atoms in total. The van der Waals surface area contributed by atoms with Crippen molar-refractivity contribution in [3.63, 3.8) is 0 Å². The number of benzene rings is 2. The molecule has 176 valence electrons. The van der Waals surface area contributed by atoms with Crippen LogP contribution in [0.25, 0.3) is 0 Å². The Balaban J connectivity index is 1.82. The zero-order valence-corrected chi connectivity index (χ0v) is 19.6. The van der Waals surface area contributed by atoms with E-state index >= 15 is 0 Å². The third-order valence-electron chi connectivity index (χ3n) is 6.00. The first-order chi connectivity index (χ1) is 16.0. The Labute approximate surface area is 195 Å². The van der Waals surface area contributed by atoms with Crippen molar-refractivity contribution >= 4 is 11.8 Å². The first-order valence-corrected chi connectivity index (χ1v) is 11.6. The fraction of sp³-hybridized carbons (Fsp3) is 0.462. The summed E-state index contributed by atoms with van der Waals surface area (Å²) >= 11 is 0. The van der Waals surface area contributed by atoms with Crippen LogP contribution in [0, 0.1) is 5.92 Å². The van der Waals surface area contributed by atoms with E-state index in [1.165, 1.54) is 0 Å². The van der Waals surface area contributed by atoms with Gasteiger partial charge in [-0.25, -0.2) is 0 Å². The Hall–Kier alpha value is -3.22. The number of carbonyl (C=O) groups excluding carboxylic acids is 2. The van der Waals surface area contributed by atoms with Gasteiger partial charge >= 0.3 is 0 Å². The smallest absolute Gasteiger partial charge is 0.257 e. The normalized spacial score (nSPS) is 18.4. The van der Waals surface area contributed by atoms with Crippen molar-refractivity contribution in [3.05, 3.63) is 53.1 Å². The molecule has 0 saturated heterocycles. The molecule has 0 aliphatic carbocycles. The maximum atomic E-state index is 13.3. The Morgan fingerprint density at radius 3 is 2.88 bits per heavy atom. The first-order valence-electron chi connectivity index (χ1n) is 11.6. The largest absolute Gasteiger partial charge is 0.494 e. The van der Waals surface area contributed by atoms with Crippen LogP contribution in [-0.4, -0.2) is 50.1 Å². The van der Waals surface area contributed by atoms with Crippen LogP contribution in [0.2, 0.25) is 0 Å². The Kier molecular flexibility index (Phi) is 7.06. The number of hydrogen-bond donors (Lipinski definition) is 1. The Bertz CT molecular complexity index is 1020. The second-order valence-corrected chi connectivity index (χ2v) is 8.95. The zero-order valence-electron chi connectivity index (χ0n) is 19.6. The summed E-state index contributed by atoms with van der Waals surface area (Å²) in [7, 11) is 1.58. The predicted octanol–water partition coefficient (Wildman–Crippen LogP) is 3.49. The molecular weight excluding hydrogens is 420 g/mol. The molecule has 3 aliphatic rings. The van der Waals surface area contributed by atoms with Gasteiger partial charge in [-0.15, -0.1) is 0 Å². The molecule has 2 aromatic carbocycles. The average Bonchev–Trinajstić information content (AvgIpc) is 2.80. The number of hydrogen-bond acceptors (Lipinski definition) is 5. The van der Waals surface area contributed by atoms with Gasteiger partial charge in [0.2, 0.25) is 5.91 Å². The molecule has 5 rings (SSSR count). The summed E-state index contributed by atoms with van der Waals surface area (Å²) < 4.78 is 17.4. The lowest BCUT2D eigenvalue weighted by atomic mass is 9.87. The highest BCUT2D eigenvalue weighted by Gasteiger charge is 2.33. The lowest BCUT2D eigenvalue weighted by molar-refractivity contribution is -0.134. The van der Waals surface area contributed by atoms with E-state index in [1.807, 2.05) is 41.3 Å². The van der Waals surface area contributed by atoms with E-state index in [1.54, 1.807) is 7.11 Å². The van der Waals surface area contributed by atoms with Crippen LogP contribution >= 0.6 is 0 Å². The molecule has 33 heavy (non-hydrogen) atoms. The number of carbonyl (C=O) groups is 2. The lowest BCUT2D eigenvalue weighted by Crippen LogP contribution is -2.41. The maximum Gasteiger partial charge on any atom is 0.257 e. The highest BCUT2D eigenvalue weighted by Crippen LogP contribution is 2.42. The van der Waals surface area contributed by atoms with E-state index in [2.05, 4.69) is 19.2 Å². The van der Waals surface area contributed by atoms with E-state index in [9.17, 15) is 9.59 Å². The van der Waals surface area contributed by atoms with Crippen molar-refractivity contribution in [1.82, 2.24) is 10.2 Å². The molecule has 7 heteroatoms. The monoisotopic (exact) mass is 452 g/mol. The minimum Gasteiger partial charge on any atom is -0.494 e. The molecule has 2 aromatic rings. The van der Waals surface area contributed by atoms with Gasteiger partial charge in [0.15, 0.2) is 18.1 Å². The number of fused-ring (bicyclic) bond motifs is 8. The number of nitrogens with zero attached hydrogens (tertiary/aromatic N) is 1. The molecule has 0 aromatic heterocycles. The molecule has 3 heterocycles. The van der Waals surface area contributed by atoms with Crippen LogP contribution in [0.4, 0.5) is 0 Å². The molecule has 0 fully saturated rings. The van der Waals surface area contributed by atoms with E-state index in [0.717, 1.165) is 22.4 Å². The second-order valence-electron chi connectivity index (χ2n) is 8.95. The summed E-state index contributed by atoms with van der Waals surface area (Å²) in [5.74, 6) is 2.06. The molecule has 3 aliphatic heterocycles. The first kappa shape index (κ1) is 23.0. The summed E-state index contributed by atoms with van der Waals surface area (Å²) in [5.41, 5.74) is 3.10. The van der Waals surface area contributed by atoms with Gasteiger partial charge in [-0.3, -0.25) is 9.59 Å². The predicted molar refractivity (Wildman–Crippen MR) is 125 cm³/mol. The van der Waals surface area contributed by atoms with Gasteiger partial charge in [-0.1, -0.05) is 26.0 Å². The summed E-state index contributed by atoms with van der Waals surface area (Å²) in [6.07, 6.45) is 1.88. The number of methoxy groups -OCH3 is 1. The fourth-order valence-electron chi connectivity index (χ4n) is 4.45. The quantitative estimate of drug-likeness (QED) is 0.772. The Morgan fingerprint density at radius 2 is 2.09 bits per heavy atom. The average molecular weight is 453 g/mol. The summed E-state index contributed by atoms with van der Waals surface area (Å²) in [5, 5.41) is 2.85. The van der Waals surface area contributed by atoms with E-state index in [4.69, 9.17) is 14.2 Å². The van der Waals surface area contributed by atoms with Crippen LogP contribution in [0.15, 0.2) is 36.4 Å². The van der Waals surface area contributed by atoms with Gasteiger partial charge in [-0.2, -0.15) is 0 Å². The minimum atomic E-state index is -0.247. The fourth-order valence-corrected chi connectivity index (χ4v) is 4.45. The maximum absolute atomic E-state index is 13.3. The van der Waals surface area contributed by atoms with Gasteiger partial charge in [0, 0.05) is 19.5 Å². The van der Waals surface area contributed by atoms with Crippen LogP contribution in [0.5, 0.6) is 17.2 Å². The van der Waals surface area contributed by atoms with Crippen LogP contribution in [0.1, 0.15) is 49.4 Å². The minimum absolute atomic E-state index is 0.0858. The van der Waals surface area contributed by atoms with Crippen molar-refractivity contribution < 1.29 is 23.8 Å². The van der Waals surface area contributed by atoms with Crippen LogP contribution in [0.3, 0.4) is 0 Å². The number of ether oxygens (including phenoxy) is 3. The van der Waals surface area contributed by atoms with Crippen molar-refractivity contribution in [1.29, 1.82) is 0 Å². The van der Waals surface area contributed by atoms with Crippen molar-refractivity contribution in [3.8, 4) is 17.2 Å². The van der Waals surface area contributed by atoms with Crippen LogP contribution in [-0.2, 0) is 16.0 Å². The molecule has 0 radical (unpaired) electrons. The van der Waals surface area contributed by atoms with E-state index in [-0.39, 0.29) is 30.4 Å². The van der Waals surface area contributed by atoms with Gasteiger partial charge in [0.25, 0.3) is 5.91 Å². The standard InChI is InChI=1S/C26H32N2O5/c1-17(2)12-25(30)28-10-8-18-14-23-22(31-3)15-21(18)26(28)19-6-4-7-20(13-19)32-11-5-9-27-24(29)16-33-23/h4,6-7,13-15,17,26H,5,8-12,16H2,1-3H3,(H,27,29). The van der Waals surface area contributed by atoms with Gasteiger partial charge in [-0.05, 0) is 59.7 Å². The third kappa shape index (κ3) is 5.24. The number of amides is 2. The highest BCUT2D eigenvalue weighted by atomic mass is 16.5. The van der Waals surface area contributed by atoms with Gasteiger partial charge in [0.1, 0.15) is 5.75 Å². The zero-order chi connectivity index (χ0) is 23.4. The summed E-state index contributed by atoms with van der Waals surface area (Å²) in [6.45, 7) is 5.64.